The fourth-order valence-corrected chi connectivity index (χ4v) is 3.88. The van der Waals surface area contributed by atoms with Crippen LogP contribution < -0.4 is 5.32 Å². The average Bonchev–Trinajstić information content (AvgIpc) is 2.60. The van der Waals surface area contributed by atoms with Crippen molar-refractivity contribution in [3.8, 4) is 0 Å². The highest BCUT2D eigenvalue weighted by atomic mass is 127. The van der Waals surface area contributed by atoms with Gasteiger partial charge in [-0.25, -0.2) is 8.42 Å². The minimum atomic E-state index is -4.32. The van der Waals surface area contributed by atoms with Crippen LogP contribution in [0, 0.1) is 0 Å². The van der Waals surface area contributed by atoms with E-state index in [1.54, 1.807) is 7.05 Å². The number of piperazine rings is 1. The maximum Gasteiger partial charge on any atom is 0.411 e. The van der Waals surface area contributed by atoms with Gasteiger partial charge in [0.05, 0.1) is 18.5 Å². The van der Waals surface area contributed by atoms with Crippen molar-refractivity contribution in [2.45, 2.75) is 32.5 Å². The molecular weight excluding hydrogens is 528 g/mol. The fraction of sp³-hybridized carbons (Fsp3) is 0.938. The second-order valence-electron chi connectivity index (χ2n) is 6.62. The van der Waals surface area contributed by atoms with Crippen molar-refractivity contribution in [1.29, 1.82) is 0 Å². The largest absolute Gasteiger partial charge is 0.411 e. The number of ether oxygens (including phenoxy) is 2. The minimum Gasteiger partial charge on any atom is -0.378 e. The summed E-state index contributed by atoms with van der Waals surface area (Å²) < 4.78 is 72.0. The zero-order chi connectivity index (χ0) is 21.2. The second-order valence-corrected chi connectivity index (χ2v) is 8.71. The molecule has 0 aromatic heterocycles. The predicted molar refractivity (Wildman–Crippen MR) is 116 cm³/mol. The summed E-state index contributed by atoms with van der Waals surface area (Å²) in [6, 6.07) is 0. The standard InChI is InChI=1S/C16H31F3N4O4S.HI/c1-14(2)27-11-12-28(24,25)23-8-6-22(7-9-23)15(20-3)21-5-4-10-26-13-16(17,18)19;/h14H,4-13H2,1-3H3,(H,20,21);1H. The monoisotopic (exact) mass is 560 g/mol. The van der Waals surface area contributed by atoms with Gasteiger partial charge in [-0.2, -0.15) is 17.5 Å². The Morgan fingerprint density at radius 2 is 1.79 bits per heavy atom. The predicted octanol–water partition coefficient (Wildman–Crippen LogP) is 1.52. The third-order valence-electron chi connectivity index (χ3n) is 3.95. The van der Waals surface area contributed by atoms with Gasteiger partial charge in [0.1, 0.15) is 6.61 Å². The van der Waals surface area contributed by atoms with E-state index >= 15 is 0 Å². The lowest BCUT2D eigenvalue weighted by molar-refractivity contribution is -0.173. The molecule has 1 aliphatic rings. The summed E-state index contributed by atoms with van der Waals surface area (Å²) in [5, 5.41) is 3.06. The van der Waals surface area contributed by atoms with Crippen LogP contribution in [-0.4, -0.2) is 101 Å². The summed E-state index contributed by atoms with van der Waals surface area (Å²) in [4.78, 5) is 6.07. The smallest absolute Gasteiger partial charge is 0.378 e. The van der Waals surface area contributed by atoms with E-state index in [-0.39, 0.29) is 49.0 Å². The first kappa shape index (κ1) is 28.6. The molecule has 0 saturated carbocycles. The number of hydrogen-bond donors (Lipinski definition) is 1. The number of rotatable bonds is 10. The lowest BCUT2D eigenvalue weighted by Gasteiger charge is -2.35. The molecule has 8 nitrogen and oxygen atoms in total. The number of halogens is 4. The molecule has 0 spiro atoms. The van der Waals surface area contributed by atoms with Crippen molar-refractivity contribution in [3.63, 3.8) is 0 Å². The van der Waals surface area contributed by atoms with Crippen molar-refractivity contribution in [3.05, 3.63) is 0 Å². The van der Waals surface area contributed by atoms with Gasteiger partial charge in [0, 0.05) is 46.4 Å². The Kier molecular flexibility index (Phi) is 13.6. The highest BCUT2D eigenvalue weighted by Gasteiger charge is 2.28. The van der Waals surface area contributed by atoms with E-state index in [1.165, 1.54) is 4.31 Å². The summed E-state index contributed by atoms with van der Waals surface area (Å²) >= 11 is 0. The molecule has 1 N–H and O–H groups in total. The van der Waals surface area contributed by atoms with Gasteiger partial charge in [-0.15, -0.1) is 24.0 Å². The van der Waals surface area contributed by atoms with Crippen LogP contribution in [-0.2, 0) is 19.5 Å². The number of guanidine groups is 1. The third-order valence-corrected chi connectivity index (χ3v) is 5.78. The molecule has 0 aliphatic carbocycles. The van der Waals surface area contributed by atoms with Crippen LogP contribution in [0.2, 0.25) is 0 Å². The Morgan fingerprint density at radius 1 is 1.17 bits per heavy atom. The van der Waals surface area contributed by atoms with Gasteiger partial charge >= 0.3 is 6.18 Å². The number of nitrogens with zero attached hydrogens (tertiary/aromatic N) is 3. The molecule has 1 rings (SSSR count). The van der Waals surface area contributed by atoms with Gasteiger partial charge < -0.3 is 19.7 Å². The topological polar surface area (TPSA) is 83.5 Å². The lowest BCUT2D eigenvalue weighted by Crippen LogP contribution is -2.54. The second kappa shape index (κ2) is 13.8. The van der Waals surface area contributed by atoms with Crippen molar-refractivity contribution >= 4 is 40.0 Å². The Bertz CT molecular complexity index is 583. The van der Waals surface area contributed by atoms with Crippen LogP contribution in [0.25, 0.3) is 0 Å². The molecule has 1 heterocycles. The first-order valence-electron chi connectivity index (χ1n) is 9.24. The highest BCUT2D eigenvalue weighted by molar-refractivity contribution is 14.0. The molecule has 29 heavy (non-hydrogen) atoms. The molecule has 0 atom stereocenters. The molecule has 1 fully saturated rings. The van der Waals surface area contributed by atoms with Gasteiger partial charge in [-0.3, -0.25) is 4.99 Å². The highest BCUT2D eigenvalue weighted by Crippen LogP contribution is 2.14. The Hall–Kier alpha value is -0.380. The van der Waals surface area contributed by atoms with Gasteiger partial charge in [0.2, 0.25) is 10.0 Å². The maximum absolute atomic E-state index is 12.3. The van der Waals surface area contributed by atoms with Gasteiger partial charge in [-0.05, 0) is 20.3 Å². The normalized spacial score (nSPS) is 16.8. The minimum absolute atomic E-state index is 0. The molecule has 1 saturated heterocycles. The quantitative estimate of drug-likeness (QED) is 0.189. The van der Waals surface area contributed by atoms with E-state index in [2.05, 4.69) is 15.0 Å². The lowest BCUT2D eigenvalue weighted by atomic mass is 10.4. The van der Waals surface area contributed by atoms with E-state index in [0.717, 1.165) is 0 Å². The number of nitrogens with one attached hydrogen (secondary N) is 1. The summed E-state index contributed by atoms with van der Waals surface area (Å²) in [5.41, 5.74) is 0. The van der Waals surface area contributed by atoms with Crippen LogP contribution in [0.3, 0.4) is 0 Å². The maximum atomic E-state index is 12.3. The molecule has 0 aromatic carbocycles. The van der Waals surface area contributed by atoms with Crippen molar-refractivity contribution in [1.82, 2.24) is 14.5 Å². The Labute approximate surface area is 188 Å². The zero-order valence-corrected chi connectivity index (χ0v) is 20.2. The van der Waals surface area contributed by atoms with Crippen molar-refractivity contribution in [2.24, 2.45) is 4.99 Å². The molecule has 0 aromatic rings. The summed E-state index contributed by atoms with van der Waals surface area (Å²) in [7, 11) is -1.76. The Balaban J connectivity index is 0.00000784. The van der Waals surface area contributed by atoms with Crippen LogP contribution in [0.1, 0.15) is 20.3 Å². The molecule has 0 unspecified atom stereocenters. The van der Waals surface area contributed by atoms with Gasteiger partial charge in [0.15, 0.2) is 5.96 Å². The molecule has 174 valence electrons. The summed E-state index contributed by atoms with van der Waals surface area (Å²) in [5.74, 6) is 0.548. The number of aliphatic imine (C=N–C) groups is 1. The van der Waals surface area contributed by atoms with E-state index < -0.39 is 22.8 Å². The molecule has 0 radical (unpaired) electrons. The van der Waals surface area contributed by atoms with E-state index in [1.807, 2.05) is 18.7 Å². The zero-order valence-electron chi connectivity index (χ0n) is 17.1. The number of hydrogen-bond acceptors (Lipinski definition) is 5. The molecule has 13 heteroatoms. The molecule has 0 bridgehead atoms. The SMILES string of the molecule is CN=C(NCCCOCC(F)(F)F)N1CCN(S(=O)(=O)CCOC(C)C)CC1.I. The summed E-state index contributed by atoms with van der Waals surface area (Å²) in [6.45, 7) is 4.69. The van der Waals surface area contributed by atoms with Gasteiger partial charge in [0.25, 0.3) is 0 Å². The van der Waals surface area contributed by atoms with E-state index in [9.17, 15) is 21.6 Å². The number of sulfonamides is 1. The first-order chi connectivity index (χ1) is 13.0. The van der Waals surface area contributed by atoms with Crippen molar-refractivity contribution in [2.75, 3.05) is 65.3 Å². The third kappa shape index (κ3) is 12.2. The number of alkyl halides is 3. The van der Waals surface area contributed by atoms with Crippen LogP contribution in [0.5, 0.6) is 0 Å². The van der Waals surface area contributed by atoms with Crippen LogP contribution in [0.15, 0.2) is 4.99 Å². The molecule has 1 aliphatic heterocycles. The summed E-state index contributed by atoms with van der Waals surface area (Å²) in [6.07, 6.45) is -3.93. The van der Waals surface area contributed by atoms with E-state index in [4.69, 9.17) is 4.74 Å². The van der Waals surface area contributed by atoms with Gasteiger partial charge in [-0.1, -0.05) is 0 Å². The fourth-order valence-electron chi connectivity index (χ4n) is 2.59. The first-order valence-corrected chi connectivity index (χ1v) is 10.9. The molecule has 0 amide bonds. The molecular formula is C16H32F3IN4O4S. The average molecular weight is 560 g/mol. The van der Waals surface area contributed by atoms with Crippen LogP contribution >= 0.6 is 24.0 Å². The Morgan fingerprint density at radius 3 is 2.31 bits per heavy atom. The van der Waals surface area contributed by atoms with E-state index in [0.29, 0.717) is 45.1 Å². The van der Waals surface area contributed by atoms with Crippen molar-refractivity contribution < 1.29 is 31.1 Å². The van der Waals surface area contributed by atoms with Crippen LogP contribution in [0.4, 0.5) is 13.2 Å².